The van der Waals surface area contributed by atoms with Crippen molar-refractivity contribution in [1.29, 1.82) is 0 Å². The minimum absolute atomic E-state index is 0.246. The van der Waals surface area contributed by atoms with Crippen molar-refractivity contribution < 1.29 is 0 Å². The van der Waals surface area contributed by atoms with Crippen LogP contribution in [0.25, 0.3) is 0 Å². The molecule has 1 aromatic rings. The first kappa shape index (κ1) is 9.50. The number of nitrogens with one attached hydrogen (secondary N) is 1. The lowest BCUT2D eigenvalue weighted by atomic mass is 10.5. The molecule has 0 spiro atoms. The average Bonchev–Trinajstić information content (AvgIpc) is 2.47. The van der Waals surface area contributed by atoms with Crippen molar-refractivity contribution in [3.8, 4) is 0 Å². The summed E-state index contributed by atoms with van der Waals surface area (Å²) >= 11 is 5.01. The van der Waals surface area contributed by atoms with Gasteiger partial charge in [0.05, 0.1) is 6.54 Å². The number of rotatable bonds is 2. The quantitative estimate of drug-likeness (QED) is 0.314. The van der Waals surface area contributed by atoms with Gasteiger partial charge >= 0.3 is 0 Å². The minimum Gasteiger partial charge on any atom is -0.369 e. The van der Waals surface area contributed by atoms with Gasteiger partial charge in [0.1, 0.15) is 0 Å². The van der Waals surface area contributed by atoms with E-state index in [9.17, 15) is 0 Å². The summed E-state index contributed by atoms with van der Waals surface area (Å²) < 4.78 is 1.06. The minimum atomic E-state index is 0.246. The summed E-state index contributed by atoms with van der Waals surface area (Å²) in [4.78, 5) is 5.12. The lowest BCUT2D eigenvalue weighted by Crippen LogP contribution is -2.37. The highest BCUT2D eigenvalue weighted by atomic mass is 79.9. The van der Waals surface area contributed by atoms with E-state index in [0.29, 0.717) is 6.54 Å². The van der Waals surface area contributed by atoms with Crippen LogP contribution in [0.4, 0.5) is 0 Å². The number of hydrazine groups is 1. The molecular formula is C6H9BrN4S. The second-order valence-electron chi connectivity index (χ2n) is 2.04. The van der Waals surface area contributed by atoms with Gasteiger partial charge in [-0.05, 0) is 27.4 Å². The van der Waals surface area contributed by atoms with Crippen LogP contribution in [0.15, 0.2) is 20.9 Å². The van der Waals surface area contributed by atoms with Gasteiger partial charge in [-0.25, -0.2) is 10.8 Å². The summed E-state index contributed by atoms with van der Waals surface area (Å²) in [5.41, 5.74) is 7.61. The molecule has 5 N–H and O–H groups in total. The molecule has 6 heteroatoms. The van der Waals surface area contributed by atoms with Crippen LogP contribution in [0.2, 0.25) is 0 Å². The Morgan fingerprint density at radius 3 is 3.00 bits per heavy atom. The number of aliphatic imine (C=N–C) groups is 1. The Hall–Kier alpha value is -0.590. The maximum atomic E-state index is 5.34. The third kappa shape index (κ3) is 2.47. The number of hydrogen-bond acceptors (Lipinski definition) is 3. The molecule has 0 aliphatic rings. The lowest BCUT2D eigenvalue weighted by Gasteiger charge is -1.97. The first-order valence-corrected chi connectivity index (χ1v) is 4.89. The maximum absolute atomic E-state index is 5.34. The molecule has 1 rings (SSSR count). The fourth-order valence-corrected chi connectivity index (χ4v) is 2.04. The second-order valence-corrected chi connectivity index (χ2v) is 3.89. The Kier molecular flexibility index (Phi) is 3.51. The number of guanidine groups is 1. The highest BCUT2D eigenvalue weighted by molar-refractivity contribution is 9.10. The van der Waals surface area contributed by atoms with E-state index in [2.05, 4.69) is 26.3 Å². The van der Waals surface area contributed by atoms with Crippen molar-refractivity contribution in [2.45, 2.75) is 6.54 Å². The molecule has 0 aliphatic carbocycles. The van der Waals surface area contributed by atoms with E-state index in [0.717, 1.165) is 9.35 Å². The molecule has 0 bridgehead atoms. The van der Waals surface area contributed by atoms with Crippen LogP contribution in [0.1, 0.15) is 4.88 Å². The Morgan fingerprint density at radius 2 is 2.50 bits per heavy atom. The molecule has 0 fully saturated rings. The monoisotopic (exact) mass is 248 g/mol. The number of thiophene rings is 1. The number of nitrogens with zero attached hydrogens (tertiary/aromatic N) is 1. The normalized spacial score (nSPS) is 11.7. The largest absolute Gasteiger partial charge is 0.369 e. The first-order chi connectivity index (χ1) is 5.74. The van der Waals surface area contributed by atoms with E-state index in [1.54, 1.807) is 11.3 Å². The van der Waals surface area contributed by atoms with Gasteiger partial charge in [0.25, 0.3) is 0 Å². The molecular weight excluding hydrogens is 240 g/mol. The molecule has 12 heavy (non-hydrogen) atoms. The molecule has 66 valence electrons. The predicted octanol–water partition coefficient (Wildman–Crippen LogP) is 0.789. The molecule has 0 aliphatic heterocycles. The molecule has 1 aromatic heterocycles. The van der Waals surface area contributed by atoms with Crippen LogP contribution in [-0.4, -0.2) is 5.96 Å². The molecule has 0 saturated carbocycles. The zero-order valence-corrected chi connectivity index (χ0v) is 8.65. The summed E-state index contributed by atoms with van der Waals surface area (Å²) in [5, 5.41) is 1.99. The van der Waals surface area contributed by atoms with Crippen LogP contribution in [-0.2, 0) is 6.54 Å². The summed E-state index contributed by atoms with van der Waals surface area (Å²) in [7, 11) is 0. The number of halogens is 1. The van der Waals surface area contributed by atoms with Crippen LogP contribution in [0.5, 0.6) is 0 Å². The van der Waals surface area contributed by atoms with E-state index in [4.69, 9.17) is 11.6 Å². The highest BCUT2D eigenvalue weighted by Crippen LogP contribution is 2.22. The number of hydrogen-bond donors (Lipinski definition) is 3. The molecule has 0 unspecified atom stereocenters. The van der Waals surface area contributed by atoms with E-state index < -0.39 is 0 Å². The van der Waals surface area contributed by atoms with Crippen molar-refractivity contribution >= 4 is 33.2 Å². The summed E-state index contributed by atoms with van der Waals surface area (Å²) in [6, 6.07) is 1.97. The molecule has 4 nitrogen and oxygen atoms in total. The van der Waals surface area contributed by atoms with Crippen LogP contribution >= 0.6 is 27.3 Å². The van der Waals surface area contributed by atoms with Gasteiger partial charge in [-0.1, -0.05) is 0 Å². The van der Waals surface area contributed by atoms with E-state index >= 15 is 0 Å². The SMILES string of the molecule is NNC(N)=NCc1sccc1Br. The molecule has 0 radical (unpaired) electrons. The lowest BCUT2D eigenvalue weighted by molar-refractivity contribution is 0.964. The standard InChI is InChI=1S/C6H9BrN4S/c7-4-1-2-12-5(4)3-10-6(8)11-9/h1-2H,3,9H2,(H3,8,10,11). The fraction of sp³-hybridized carbons (Fsp3) is 0.167. The molecule has 0 aromatic carbocycles. The Morgan fingerprint density at radius 1 is 1.75 bits per heavy atom. The fourth-order valence-electron chi connectivity index (χ4n) is 0.641. The van der Waals surface area contributed by atoms with Crippen LogP contribution in [0.3, 0.4) is 0 Å². The van der Waals surface area contributed by atoms with Gasteiger partial charge in [-0.2, -0.15) is 0 Å². The van der Waals surface area contributed by atoms with E-state index in [-0.39, 0.29) is 5.96 Å². The first-order valence-electron chi connectivity index (χ1n) is 3.22. The van der Waals surface area contributed by atoms with Crippen molar-refractivity contribution in [3.63, 3.8) is 0 Å². The third-order valence-electron chi connectivity index (χ3n) is 1.23. The molecule has 0 atom stereocenters. The topological polar surface area (TPSA) is 76.4 Å². The Balaban J connectivity index is 2.59. The highest BCUT2D eigenvalue weighted by Gasteiger charge is 1.99. The van der Waals surface area contributed by atoms with Crippen molar-refractivity contribution in [2.24, 2.45) is 16.6 Å². The van der Waals surface area contributed by atoms with Gasteiger partial charge in [0, 0.05) is 9.35 Å². The van der Waals surface area contributed by atoms with Crippen LogP contribution < -0.4 is 17.0 Å². The van der Waals surface area contributed by atoms with E-state index in [1.807, 2.05) is 11.4 Å². The van der Waals surface area contributed by atoms with Crippen molar-refractivity contribution in [2.75, 3.05) is 0 Å². The van der Waals surface area contributed by atoms with Gasteiger partial charge in [-0.3, -0.25) is 5.43 Å². The third-order valence-corrected chi connectivity index (χ3v) is 3.14. The zero-order valence-electron chi connectivity index (χ0n) is 6.25. The molecule has 0 amide bonds. The summed E-state index contributed by atoms with van der Waals surface area (Å²) in [6.07, 6.45) is 0. The van der Waals surface area contributed by atoms with Crippen LogP contribution in [0, 0.1) is 0 Å². The predicted molar refractivity (Wildman–Crippen MR) is 54.7 cm³/mol. The van der Waals surface area contributed by atoms with Gasteiger partial charge in [0.15, 0.2) is 0 Å². The molecule has 1 heterocycles. The summed E-state index contributed by atoms with van der Waals surface area (Å²) in [6.45, 7) is 0.550. The Labute approximate surface area is 82.8 Å². The maximum Gasteiger partial charge on any atom is 0.203 e. The Bertz CT molecular complexity index is 283. The van der Waals surface area contributed by atoms with Gasteiger partial charge < -0.3 is 5.73 Å². The smallest absolute Gasteiger partial charge is 0.203 e. The summed E-state index contributed by atoms with van der Waals surface area (Å²) in [5.74, 6) is 5.28. The molecule has 0 saturated heterocycles. The second kappa shape index (κ2) is 4.44. The number of nitrogens with two attached hydrogens (primary N) is 2. The van der Waals surface area contributed by atoms with E-state index in [1.165, 1.54) is 0 Å². The average molecular weight is 249 g/mol. The zero-order chi connectivity index (χ0) is 8.97. The van der Waals surface area contributed by atoms with Crippen molar-refractivity contribution in [3.05, 3.63) is 20.8 Å². The van der Waals surface area contributed by atoms with Crippen molar-refractivity contribution in [1.82, 2.24) is 5.43 Å². The van der Waals surface area contributed by atoms with Gasteiger partial charge in [-0.15, -0.1) is 11.3 Å². The van der Waals surface area contributed by atoms with Gasteiger partial charge in [0.2, 0.25) is 5.96 Å².